The van der Waals surface area contributed by atoms with Crippen LogP contribution in [-0.2, 0) is 4.74 Å². The molecule has 2 saturated heterocycles. The van der Waals surface area contributed by atoms with Crippen LogP contribution in [0.25, 0.3) is 0 Å². The Labute approximate surface area is 96.7 Å². The molecule has 2 aliphatic rings. The lowest BCUT2D eigenvalue weighted by Gasteiger charge is -2.31. The monoisotopic (exact) mass is 240 g/mol. The summed E-state index contributed by atoms with van der Waals surface area (Å²) >= 11 is 1.39. The zero-order valence-corrected chi connectivity index (χ0v) is 9.44. The summed E-state index contributed by atoms with van der Waals surface area (Å²) in [6.45, 7) is 1.67. The number of thiazole rings is 1. The van der Waals surface area contributed by atoms with Crippen LogP contribution >= 0.6 is 11.3 Å². The van der Waals surface area contributed by atoms with Gasteiger partial charge in [0.25, 0.3) is 0 Å². The maximum Gasteiger partial charge on any atom is 0.355 e. The van der Waals surface area contributed by atoms with Crippen molar-refractivity contribution in [3.05, 3.63) is 11.1 Å². The Hall–Kier alpha value is -1.14. The second kappa shape index (κ2) is 3.71. The minimum Gasteiger partial charge on any atom is -0.476 e. The van der Waals surface area contributed by atoms with Gasteiger partial charge in [-0.3, -0.25) is 0 Å². The molecule has 6 heteroatoms. The number of rotatable bonds is 2. The molecule has 1 aromatic rings. The average molecular weight is 240 g/mol. The first kappa shape index (κ1) is 10.0. The van der Waals surface area contributed by atoms with Crippen LogP contribution in [0, 0.1) is 0 Å². The van der Waals surface area contributed by atoms with Crippen LogP contribution in [0.4, 0.5) is 5.13 Å². The molecule has 1 N–H and O–H groups in total. The van der Waals surface area contributed by atoms with E-state index in [1.54, 1.807) is 5.38 Å². The molecule has 5 nitrogen and oxygen atoms in total. The number of carboxylic acid groups (broad SMARTS) is 1. The van der Waals surface area contributed by atoms with Crippen molar-refractivity contribution in [2.45, 2.75) is 25.0 Å². The molecule has 3 heterocycles. The SMILES string of the molecule is O=C(O)c1csc(N2CC3CCC(C2)O3)n1. The Balaban J connectivity index is 1.79. The standard InChI is InChI=1S/C10H12N2O3S/c13-9(14)8-5-16-10(11-8)12-3-6-1-2-7(4-12)15-6/h5-7H,1-4H2,(H,13,14). The third-order valence-electron chi connectivity index (χ3n) is 3.03. The lowest BCUT2D eigenvalue weighted by atomic mass is 10.2. The molecule has 2 fully saturated rings. The average Bonchev–Trinajstić information content (AvgIpc) is 2.85. The number of aromatic nitrogens is 1. The van der Waals surface area contributed by atoms with E-state index < -0.39 is 5.97 Å². The number of carboxylic acids is 1. The Morgan fingerprint density at radius 1 is 1.50 bits per heavy atom. The molecule has 2 aliphatic heterocycles. The smallest absolute Gasteiger partial charge is 0.355 e. The summed E-state index contributed by atoms with van der Waals surface area (Å²) in [6.07, 6.45) is 2.82. The molecular weight excluding hydrogens is 228 g/mol. The summed E-state index contributed by atoms with van der Waals surface area (Å²) in [5, 5.41) is 11.2. The predicted octanol–water partition coefficient (Wildman–Crippen LogP) is 1.21. The van der Waals surface area contributed by atoms with Gasteiger partial charge in [0, 0.05) is 18.5 Å². The largest absolute Gasteiger partial charge is 0.476 e. The minimum absolute atomic E-state index is 0.138. The highest BCUT2D eigenvalue weighted by atomic mass is 32.1. The van der Waals surface area contributed by atoms with Gasteiger partial charge in [-0.15, -0.1) is 11.3 Å². The molecule has 16 heavy (non-hydrogen) atoms. The van der Waals surface area contributed by atoms with E-state index in [1.807, 2.05) is 0 Å². The molecule has 0 amide bonds. The fourth-order valence-corrected chi connectivity index (χ4v) is 3.10. The molecule has 2 bridgehead atoms. The number of morpholine rings is 1. The summed E-state index contributed by atoms with van der Waals surface area (Å²) < 4.78 is 5.72. The second-order valence-corrected chi connectivity index (χ2v) is 5.02. The van der Waals surface area contributed by atoms with E-state index >= 15 is 0 Å². The number of fused-ring (bicyclic) bond motifs is 2. The van der Waals surface area contributed by atoms with Gasteiger partial charge in [-0.25, -0.2) is 9.78 Å². The van der Waals surface area contributed by atoms with Gasteiger partial charge < -0.3 is 14.7 Å². The van der Waals surface area contributed by atoms with E-state index in [0.29, 0.717) is 12.2 Å². The third kappa shape index (κ3) is 1.68. The van der Waals surface area contributed by atoms with E-state index in [9.17, 15) is 4.79 Å². The van der Waals surface area contributed by atoms with Gasteiger partial charge in [-0.1, -0.05) is 0 Å². The van der Waals surface area contributed by atoms with E-state index in [-0.39, 0.29) is 5.69 Å². The van der Waals surface area contributed by atoms with Crippen molar-refractivity contribution in [3.63, 3.8) is 0 Å². The summed E-state index contributed by atoms with van der Waals surface area (Å²) in [5.41, 5.74) is 0.138. The first-order chi connectivity index (χ1) is 7.72. The van der Waals surface area contributed by atoms with E-state index in [4.69, 9.17) is 9.84 Å². The Morgan fingerprint density at radius 3 is 2.75 bits per heavy atom. The quantitative estimate of drug-likeness (QED) is 0.841. The predicted molar refractivity (Wildman–Crippen MR) is 59.2 cm³/mol. The van der Waals surface area contributed by atoms with Crippen molar-refractivity contribution < 1.29 is 14.6 Å². The minimum atomic E-state index is -0.960. The Bertz CT molecular complexity index is 408. The molecule has 0 aromatic carbocycles. The van der Waals surface area contributed by atoms with Gasteiger partial charge in [0.05, 0.1) is 12.2 Å². The molecule has 0 saturated carbocycles. The number of ether oxygens (including phenoxy) is 1. The number of hydrogen-bond acceptors (Lipinski definition) is 5. The van der Waals surface area contributed by atoms with Gasteiger partial charge in [0.15, 0.2) is 10.8 Å². The van der Waals surface area contributed by atoms with E-state index in [0.717, 1.165) is 31.1 Å². The normalized spacial score (nSPS) is 28.4. The van der Waals surface area contributed by atoms with Gasteiger partial charge in [-0.2, -0.15) is 0 Å². The first-order valence-corrected chi connectivity index (χ1v) is 6.19. The molecule has 2 unspecified atom stereocenters. The molecule has 2 atom stereocenters. The first-order valence-electron chi connectivity index (χ1n) is 5.31. The van der Waals surface area contributed by atoms with Crippen LogP contribution in [0.3, 0.4) is 0 Å². The highest BCUT2D eigenvalue weighted by Crippen LogP contribution is 2.31. The number of carbonyl (C=O) groups is 1. The maximum absolute atomic E-state index is 10.7. The van der Waals surface area contributed by atoms with Gasteiger partial charge in [-0.05, 0) is 12.8 Å². The van der Waals surface area contributed by atoms with Crippen molar-refractivity contribution in [2.24, 2.45) is 0 Å². The van der Waals surface area contributed by atoms with Gasteiger partial charge in [0.1, 0.15) is 0 Å². The topological polar surface area (TPSA) is 62.7 Å². The van der Waals surface area contributed by atoms with Gasteiger partial charge in [0.2, 0.25) is 0 Å². The summed E-state index contributed by atoms with van der Waals surface area (Å²) in [5.74, 6) is -0.960. The maximum atomic E-state index is 10.7. The fourth-order valence-electron chi connectivity index (χ4n) is 2.28. The molecule has 1 aromatic heterocycles. The summed E-state index contributed by atoms with van der Waals surface area (Å²) in [4.78, 5) is 17.0. The number of anilines is 1. The van der Waals surface area contributed by atoms with Crippen LogP contribution in [0.2, 0.25) is 0 Å². The highest BCUT2D eigenvalue weighted by molar-refractivity contribution is 7.13. The van der Waals surface area contributed by atoms with Crippen LogP contribution in [0.15, 0.2) is 5.38 Å². The lowest BCUT2D eigenvalue weighted by Crippen LogP contribution is -2.42. The van der Waals surface area contributed by atoms with Crippen molar-refractivity contribution in [1.82, 2.24) is 4.98 Å². The zero-order chi connectivity index (χ0) is 11.1. The van der Waals surface area contributed by atoms with Crippen LogP contribution in [-0.4, -0.2) is 41.4 Å². The lowest BCUT2D eigenvalue weighted by molar-refractivity contribution is 0.0305. The van der Waals surface area contributed by atoms with Crippen molar-refractivity contribution in [3.8, 4) is 0 Å². The molecule has 0 spiro atoms. The third-order valence-corrected chi connectivity index (χ3v) is 3.93. The molecule has 0 radical (unpaired) electrons. The molecular formula is C10H12N2O3S. The Morgan fingerprint density at radius 2 is 2.19 bits per heavy atom. The Kier molecular flexibility index (Phi) is 2.33. The van der Waals surface area contributed by atoms with Crippen molar-refractivity contribution in [1.29, 1.82) is 0 Å². The number of nitrogens with zero attached hydrogens (tertiary/aromatic N) is 2. The van der Waals surface area contributed by atoms with Crippen LogP contribution in [0.1, 0.15) is 23.3 Å². The number of aromatic carboxylic acids is 1. The molecule has 3 rings (SSSR count). The highest BCUT2D eigenvalue weighted by Gasteiger charge is 2.34. The second-order valence-electron chi connectivity index (χ2n) is 4.18. The van der Waals surface area contributed by atoms with Crippen LogP contribution < -0.4 is 4.90 Å². The van der Waals surface area contributed by atoms with E-state index in [1.165, 1.54) is 11.3 Å². The van der Waals surface area contributed by atoms with Crippen molar-refractivity contribution >= 4 is 22.4 Å². The van der Waals surface area contributed by atoms with Crippen molar-refractivity contribution in [2.75, 3.05) is 18.0 Å². The fraction of sp³-hybridized carbons (Fsp3) is 0.600. The molecule has 0 aliphatic carbocycles. The molecule has 86 valence electrons. The zero-order valence-electron chi connectivity index (χ0n) is 8.63. The van der Waals surface area contributed by atoms with Gasteiger partial charge >= 0.3 is 5.97 Å². The summed E-state index contributed by atoms with van der Waals surface area (Å²) in [6, 6.07) is 0. The summed E-state index contributed by atoms with van der Waals surface area (Å²) in [7, 11) is 0. The van der Waals surface area contributed by atoms with E-state index in [2.05, 4.69) is 9.88 Å². The number of hydrogen-bond donors (Lipinski definition) is 1. The van der Waals surface area contributed by atoms with Crippen LogP contribution in [0.5, 0.6) is 0 Å².